The zero-order valence-corrected chi connectivity index (χ0v) is 20.1. The van der Waals surface area contributed by atoms with E-state index in [2.05, 4.69) is 20.9 Å². The van der Waals surface area contributed by atoms with E-state index < -0.39 is 11.6 Å². The average molecular weight is 491 g/mol. The Kier molecular flexibility index (Phi) is 6.95. The summed E-state index contributed by atoms with van der Waals surface area (Å²) in [4.78, 5) is 20.0. The van der Waals surface area contributed by atoms with Crippen molar-refractivity contribution in [1.82, 2.24) is 14.5 Å². The van der Waals surface area contributed by atoms with E-state index in [9.17, 15) is 13.6 Å². The lowest BCUT2D eigenvalue weighted by molar-refractivity contribution is -0.121. The quantitative estimate of drug-likeness (QED) is 0.386. The highest BCUT2D eigenvalue weighted by Crippen LogP contribution is 2.24. The van der Waals surface area contributed by atoms with Crippen LogP contribution >= 0.6 is 0 Å². The summed E-state index contributed by atoms with van der Waals surface area (Å²) in [5.41, 5.74) is 3.12. The van der Waals surface area contributed by atoms with Crippen molar-refractivity contribution in [2.24, 2.45) is 5.92 Å². The molecule has 1 saturated heterocycles. The minimum Gasteiger partial charge on any atom is -0.497 e. The molecular weight excluding hydrogens is 462 g/mol. The maximum absolute atomic E-state index is 14.0. The molecule has 0 aliphatic carbocycles. The summed E-state index contributed by atoms with van der Waals surface area (Å²) in [6, 6.07) is 19.2. The van der Waals surface area contributed by atoms with Gasteiger partial charge in [0.25, 0.3) is 0 Å². The molecule has 1 aliphatic heterocycles. The van der Waals surface area contributed by atoms with E-state index in [1.54, 1.807) is 7.11 Å². The van der Waals surface area contributed by atoms with Gasteiger partial charge in [0.05, 0.1) is 36.3 Å². The summed E-state index contributed by atoms with van der Waals surface area (Å²) < 4.78 is 34.7. The monoisotopic (exact) mass is 490 g/mol. The minimum atomic E-state index is -0.775. The average Bonchev–Trinajstić information content (AvgIpc) is 3.23. The molecule has 186 valence electrons. The van der Waals surface area contributed by atoms with E-state index in [0.717, 1.165) is 53.3 Å². The van der Waals surface area contributed by atoms with Crippen LogP contribution in [0.2, 0.25) is 0 Å². The lowest BCUT2D eigenvalue weighted by Gasteiger charge is -2.31. The lowest BCUT2D eigenvalue weighted by atomic mass is 9.97. The van der Waals surface area contributed by atoms with Crippen molar-refractivity contribution in [1.29, 1.82) is 0 Å². The van der Waals surface area contributed by atoms with E-state index in [1.807, 2.05) is 42.5 Å². The number of carbonyl (C=O) groups is 1. The van der Waals surface area contributed by atoms with Gasteiger partial charge < -0.3 is 14.6 Å². The molecule has 3 aromatic carbocycles. The fraction of sp³-hybridized carbons (Fsp3) is 0.286. The highest BCUT2D eigenvalue weighted by atomic mass is 19.1. The molecule has 2 heterocycles. The molecule has 5 rings (SSSR count). The lowest BCUT2D eigenvalue weighted by Crippen LogP contribution is -2.40. The van der Waals surface area contributed by atoms with E-state index in [-0.39, 0.29) is 17.5 Å². The minimum absolute atomic E-state index is 0.000178. The number of fused-ring (bicyclic) bond motifs is 1. The molecule has 8 heteroatoms. The molecule has 0 radical (unpaired) electrons. The number of nitrogens with one attached hydrogen (secondary N) is 1. The first kappa shape index (κ1) is 23.9. The van der Waals surface area contributed by atoms with Gasteiger partial charge in [-0.15, -0.1) is 0 Å². The van der Waals surface area contributed by atoms with E-state index in [1.165, 1.54) is 6.07 Å². The van der Waals surface area contributed by atoms with Crippen molar-refractivity contribution in [3.05, 3.63) is 89.8 Å². The van der Waals surface area contributed by atoms with Crippen molar-refractivity contribution >= 4 is 22.6 Å². The number of likely N-dealkylation sites (tertiary alicyclic amines) is 1. The standard InChI is InChI=1S/C28H28F2N4O2/c1-36-22-11-8-19(9-12-22)16-34-26-7-3-2-6-25(26)31-27(34)18-33-14-4-5-20(17-33)28(35)32-24-13-10-21(29)15-23(24)30/h2-3,6-13,15,20H,4-5,14,16-18H2,1H3,(H,32,35)/t20-/m0/s1. The van der Waals surface area contributed by atoms with Crippen molar-refractivity contribution in [2.45, 2.75) is 25.9 Å². The molecule has 1 aliphatic rings. The molecule has 0 unspecified atom stereocenters. The van der Waals surface area contributed by atoms with Crippen LogP contribution in [-0.4, -0.2) is 40.6 Å². The Morgan fingerprint density at radius 3 is 2.67 bits per heavy atom. The van der Waals surface area contributed by atoms with Gasteiger partial charge in [0.1, 0.15) is 23.2 Å². The van der Waals surface area contributed by atoms with Crippen LogP contribution in [0.5, 0.6) is 5.75 Å². The van der Waals surface area contributed by atoms with Crippen molar-refractivity contribution in [2.75, 3.05) is 25.5 Å². The van der Waals surface area contributed by atoms with Gasteiger partial charge in [-0.1, -0.05) is 24.3 Å². The predicted octanol–water partition coefficient (Wildman–Crippen LogP) is 5.22. The molecule has 1 N–H and O–H groups in total. The van der Waals surface area contributed by atoms with Crippen LogP contribution in [0.3, 0.4) is 0 Å². The molecule has 36 heavy (non-hydrogen) atoms. The first-order valence-corrected chi connectivity index (χ1v) is 12.1. The van der Waals surface area contributed by atoms with Gasteiger partial charge >= 0.3 is 0 Å². The van der Waals surface area contributed by atoms with Crippen LogP contribution < -0.4 is 10.1 Å². The van der Waals surface area contributed by atoms with Crippen LogP contribution in [0.4, 0.5) is 14.5 Å². The summed E-state index contributed by atoms with van der Waals surface area (Å²) in [6.07, 6.45) is 1.57. The Morgan fingerprint density at radius 1 is 1.08 bits per heavy atom. The van der Waals surface area contributed by atoms with Crippen LogP contribution in [-0.2, 0) is 17.9 Å². The third-order valence-electron chi connectivity index (χ3n) is 6.66. The third-order valence-corrected chi connectivity index (χ3v) is 6.66. The second-order valence-electron chi connectivity index (χ2n) is 9.14. The fourth-order valence-electron chi connectivity index (χ4n) is 4.77. The zero-order chi connectivity index (χ0) is 25.1. The number of aromatic nitrogens is 2. The van der Waals surface area contributed by atoms with Crippen LogP contribution in [0.1, 0.15) is 24.2 Å². The molecule has 6 nitrogen and oxygen atoms in total. The molecule has 1 atom stereocenters. The molecule has 1 aromatic heterocycles. The Labute approximate surface area is 208 Å². The van der Waals surface area contributed by atoms with Gasteiger partial charge in [-0.05, 0) is 61.3 Å². The van der Waals surface area contributed by atoms with Crippen LogP contribution in [0.15, 0.2) is 66.7 Å². The number of halogens is 2. The Balaban J connectivity index is 1.32. The van der Waals surface area contributed by atoms with Crippen LogP contribution in [0.25, 0.3) is 11.0 Å². The van der Waals surface area contributed by atoms with Gasteiger partial charge in [0.15, 0.2) is 0 Å². The van der Waals surface area contributed by atoms with Gasteiger partial charge in [-0.3, -0.25) is 9.69 Å². The first-order chi connectivity index (χ1) is 17.5. The number of piperidine rings is 1. The Hall–Kier alpha value is -3.78. The van der Waals surface area contributed by atoms with E-state index in [4.69, 9.17) is 9.72 Å². The summed E-state index contributed by atoms with van der Waals surface area (Å²) >= 11 is 0. The second kappa shape index (κ2) is 10.5. The number of anilines is 1. The van der Waals surface area contributed by atoms with E-state index in [0.29, 0.717) is 26.1 Å². The number of benzene rings is 3. The van der Waals surface area contributed by atoms with Crippen molar-refractivity contribution in [3.63, 3.8) is 0 Å². The number of amides is 1. The number of hydrogen-bond acceptors (Lipinski definition) is 4. The topological polar surface area (TPSA) is 59.4 Å². The molecule has 1 amide bonds. The van der Waals surface area contributed by atoms with Gasteiger partial charge in [-0.25, -0.2) is 13.8 Å². The normalized spacial score (nSPS) is 16.2. The number of ether oxygens (including phenoxy) is 1. The van der Waals surface area contributed by atoms with Gasteiger partial charge in [0.2, 0.25) is 5.91 Å². The molecule has 0 spiro atoms. The summed E-state index contributed by atoms with van der Waals surface area (Å²) in [5, 5.41) is 2.63. The maximum atomic E-state index is 14.0. The number of imidazole rings is 1. The predicted molar refractivity (Wildman–Crippen MR) is 135 cm³/mol. The number of rotatable bonds is 7. The largest absolute Gasteiger partial charge is 0.497 e. The molecule has 4 aromatic rings. The number of hydrogen-bond donors (Lipinski definition) is 1. The second-order valence-corrected chi connectivity index (χ2v) is 9.14. The van der Waals surface area contributed by atoms with Crippen molar-refractivity contribution < 1.29 is 18.3 Å². The maximum Gasteiger partial charge on any atom is 0.228 e. The van der Waals surface area contributed by atoms with Crippen molar-refractivity contribution in [3.8, 4) is 5.75 Å². The molecule has 1 fully saturated rings. The third kappa shape index (κ3) is 5.23. The smallest absolute Gasteiger partial charge is 0.228 e. The highest BCUT2D eigenvalue weighted by molar-refractivity contribution is 5.92. The highest BCUT2D eigenvalue weighted by Gasteiger charge is 2.27. The molecule has 0 saturated carbocycles. The summed E-state index contributed by atoms with van der Waals surface area (Å²) in [7, 11) is 1.65. The zero-order valence-electron chi connectivity index (χ0n) is 20.1. The SMILES string of the molecule is COc1ccc(Cn2c(CN3CCC[C@H](C(=O)Nc4ccc(F)cc4F)C3)nc3ccccc32)cc1. The van der Waals surface area contributed by atoms with Crippen LogP contribution in [0, 0.1) is 17.6 Å². The van der Waals surface area contributed by atoms with Gasteiger partial charge in [0, 0.05) is 19.2 Å². The molecular formula is C28H28F2N4O2. The van der Waals surface area contributed by atoms with Gasteiger partial charge in [-0.2, -0.15) is 0 Å². The number of carbonyl (C=O) groups excluding carboxylic acids is 1. The summed E-state index contributed by atoms with van der Waals surface area (Å²) in [6.45, 7) is 2.65. The number of nitrogens with zero attached hydrogens (tertiary/aromatic N) is 3. The number of para-hydroxylation sites is 2. The number of methoxy groups -OCH3 is 1. The first-order valence-electron chi connectivity index (χ1n) is 12.1. The van der Waals surface area contributed by atoms with E-state index >= 15 is 0 Å². The summed E-state index contributed by atoms with van der Waals surface area (Å²) in [5.74, 6) is -0.250. The fourth-order valence-corrected chi connectivity index (χ4v) is 4.77. The Morgan fingerprint density at radius 2 is 1.89 bits per heavy atom. The Bertz CT molecular complexity index is 1370. The molecule has 0 bridgehead atoms.